The molecule has 0 fully saturated rings. The third-order valence-electron chi connectivity index (χ3n) is 4.15. The summed E-state index contributed by atoms with van der Waals surface area (Å²) < 4.78 is 84.7. The Kier molecular flexibility index (Phi) is 6.37. The van der Waals surface area contributed by atoms with Gasteiger partial charge in [0.15, 0.2) is 0 Å². The highest BCUT2D eigenvalue weighted by Crippen LogP contribution is 2.36. The van der Waals surface area contributed by atoms with Crippen LogP contribution in [0.5, 0.6) is 0 Å². The van der Waals surface area contributed by atoms with Gasteiger partial charge in [-0.1, -0.05) is 0 Å². The van der Waals surface area contributed by atoms with Crippen molar-refractivity contribution in [2.24, 2.45) is 0 Å². The van der Waals surface area contributed by atoms with Crippen molar-refractivity contribution in [3.8, 4) is 5.69 Å². The van der Waals surface area contributed by atoms with Gasteiger partial charge in [0, 0.05) is 24.2 Å². The maximum atomic E-state index is 13.1. The number of hydrogen-bond donors (Lipinski definition) is 0. The zero-order valence-corrected chi connectivity index (χ0v) is 16.6. The van der Waals surface area contributed by atoms with Gasteiger partial charge < -0.3 is 4.74 Å². The fourth-order valence-electron chi connectivity index (χ4n) is 2.67. The van der Waals surface area contributed by atoms with Crippen molar-refractivity contribution in [2.45, 2.75) is 19.3 Å². The maximum absolute atomic E-state index is 13.1. The second-order valence-corrected chi connectivity index (χ2v) is 6.39. The van der Waals surface area contributed by atoms with Crippen molar-refractivity contribution in [2.75, 3.05) is 6.61 Å². The molecule has 0 atom stereocenters. The van der Waals surface area contributed by atoms with Crippen molar-refractivity contribution in [3.63, 3.8) is 0 Å². The minimum absolute atomic E-state index is 0.0114. The Labute approximate surface area is 180 Å². The first kappa shape index (κ1) is 23.7. The Balaban J connectivity index is 2.15. The molecule has 2 aromatic heterocycles. The van der Waals surface area contributed by atoms with Crippen molar-refractivity contribution in [3.05, 3.63) is 70.4 Å². The lowest BCUT2D eigenvalue weighted by molar-refractivity contribution is -0.143. The Morgan fingerprint density at radius 2 is 1.61 bits per heavy atom. The minimum Gasteiger partial charge on any atom is -0.462 e. The fourth-order valence-corrected chi connectivity index (χ4v) is 2.67. The van der Waals surface area contributed by atoms with E-state index in [9.17, 15) is 35.9 Å². The Bertz CT molecular complexity index is 1210. The molecule has 0 spiro atoms. The summed E-state index contributed by atoms with van der Waals surface area (Å²) in [6.07, 6.45) is -4.76. The van der Waals surface area contributed by atoms with Gasteiger partial charge in [0.25, 0.3) is 0 Å². The number of carbonyl (C=O) groups is 1. The van der Waals surface area contributed by atoms with E-state index in [1.165, 1.54) is 25.6 Å². The maximum Gasteiger partial charge on any atom is 0.416 e. The van der Waals surface area contributed by atoms with E-state index in [-0.39, 0.29) is 23.8 Å². The molecule has 3 rings (SSSR count). The van der Waals surface area contributed by atoms with Crippen LogP contribution in [-0.4, -0.2) is 36.9 Å². The number of aromatic nitrogens is 5. The molecule has 0 radical (unpaired) electrons. The molecule has 3 aromatic rings. The van der Waals surface area contributed by atoms with Crippen molar-refractivity contribution < 1.29 is 35.9 Å². The first-order valence-electron chi connectivity index (χ1n) is 9.02. The predicted octanol–water partition coefficient (Wildman–Crippen LogP) is 3.42. The summed E-state index contributed by atoms with van der Waals surface area (Å²) in [5.41, 5.74) is -5.18. The van der Waals surface area contributed by atoms with Gasteiger partial charge >= 0.3 is 24.0 Å². The number of esters is 1. The van der Waals surface area contributed by atoms with Crippen LogP contribution in [-0.2, 0) is 21.9 Å². The van der Waals surface area contributed by atoms with Crippen LogP contribution in [0, 0.1) is 0 Å². The molecule has 0 aliphatic carbocycles. The molecule has 33 heavy (non-hydrogen) atoms. The highest BCUT2D eigenvalue weighted by molar-refractivity contribution is 6.20. The molecule has 0 amide bonds. The van der Waals surface area contributed by atoms with Crippen molar-refractivity contribution in [1.82, 2.24) is 24.3 Å². The van der Waals surface area contributed by atoms with Gasteiger partial charge in [0.1, 0.15) is 12.7 Å². The molecule has 8 nitrogen and oxygen atoms in total. The summed E-state index contributed by atoms with van der Waals surface area (Å²) in [6, 6.07) is 0.643. The highest BCUT2D eigenvalue weighted by atomic mass is 19.4. The summed E-state index contributed by atoms with van der Waals surface area (Å²) in [7, 11) is 0. The summed E-state index contributed by atoms with van der Waals surface area (Å²) in [6.45, 7) is 1.52. The Hall–Kier alpha value is -3.97. The fraction of sp³-hybridized carbons (Fsp3) is 0.211. The number of halogens is 6. The lowest BCUT2D eigenvalue weighted by Crippen LogP contribution is -2.23. The van der Waals surface area contributed by atoms with E-state index in [0.717, 1.165) is 12.5 Å². The Morgan fingerprint density at radius 1 is 1.03 bits per heavy atom. The molecule has 0 saturated heterocycles. The van der Waals surface area contributed by atoms with E-state index in [2.05, 4.69) is 15.1 Å². The van der Waals surface area contributed by atoms with Crippen LogP contribution in [0.15, 0.2) is 48.0 Å². The van der Waals surface area contributed by atoms with Gasteiger partial charge in [-0.05, 0) is 25.1 Å². The Morgan fingerprint density at radius 3 is 2.12 bits per heavy atom. The minimum atomic E-state index is -5.10. The topological polar surface area (TPSA) is 91.9 Å². The van der Waals surface area contributed by atoms with Gasteiger partial charge in [-0.25, -0.2) is 19.6 Å². The van der Waals surface area contributed by atoms with Crippen LogP contribution in [0.1, 0.15) is 23.6 Å². The van der Waals surface area contributed by atoms with Crippen LogP contribution in [0.4, 0.5) is 26.3 Å². The summed E-state index contributed by atoms with van der Waals surface area (Å²) in [4.78, 5) is 32.5. The number of ether oxygens (including phenoxy) is 1. The van der Waals surface area contributed by atoms with Crippen LogP contribution in [0.2, 0.25) is 0 Å². The molecule has 0 aliphatic rings. The summed E-state index contributed by atoms with van der Waals surface area (Å²) in [5, 5.41) is 3.59. The van der Waals surface area contributed by atoms with E-state index >= 15 is 0 Å². The lowest BCUT2D eigenvalue weighted by Gasteiger charge is -2.13. The van der Waals surface area contributed by atoms with Gasteiger partial charge in [-0.2, -0.15) is 36.1 Å². The molecular formula is C19H13F6N5O3. The van der Waals surface area contributed by atoms with Gasteiger partial charge in [-0.3, -0.25) is 4.57 Å². The van der Waals surface area contributed by atoms with E-state index in [0.29, 0.717) is 21.4 Å². The third-order valence-corrected chi connectivity index (χ3v) is 4.15. The number of carbonyl (C=O) groups excluding carboxylic acids is 1. The van der Waals surface area contributed by atoms with Crippen LogP contribution in [0.3, 0.4) is 0 Å². The normalized spacial score (nSPS) is 12.6. The van der Waals surface area contributed by atoms with Crippen molar-refractivity contribution >= 4 is 17.7 Å². The van der Waals surface area contributed by atoms with Crippen LogP contribution < -0.4 is 5.69 Å². The van der Waals surface area contributed by atoms with Crippen molar-refractivity contribution in [1.29, 1.82) is 0 Å². The number of nitrogens with zero attached hydrogens (tertiary/aromatic N) is 5. The molecule has 14 heteroatoms. The molecule has 0 saturated carbocycles. The molecule has 0 N–H and O–H groups in total. The standard InChI is InChI=1S/C19H13F6N5O3/c1-2-33-16(31)15(11-6-26-9-27-7-11)8-29-10-28-30(17(29)32)14-4-12(18(20,21)22)3-13(5-14)19(23,24)25/h3-10H,2H2,1H3/b15-8+. The zero-order chi connectivity index (χ0) is 24.4. The summed E-state index contributed by atoms with van der Waals surface area (Å²) >= 11 is 0. The van der Waals surface area contributed by atoms with Crippen LogP contribution >= 0.6 is 0 Å². The second kappa shape index (κ2) is 8.88. The molecule has 174 valence electrons. The number of benzene rings is 1. The molecule has 0 unspecified atom stereocenters. The smallest absolute Gasteiger partial charge is 0.416 e. The van der Waals surface area contributed by atoms with E-state index in [1.807, 2.05) is 0 Å². The molecule has 2 heterocycles. The third kappa shape index (κ3) is 5.27. The first-order valence-corrected chi connectivity index (χ1v) is 9.02. The first-order chi connectivity index (χ1) is 15.4. The lowest BCUT2D eigenvalue weighted by atomic mass is 10.1. The summed E-state index contributed by atoms with van der Waals surface area (Å²) in [5.74, 6) is -0.870. The number of alkyl halides is 6. The zero-order valence-electron chi connectivity index (χ0n) is 16.6. The molecule has 0 aliphatic heterocycles. The van der Waals surface area contributed by atoms with Gasteiger partial charge in [-0.15, -0.1) is 0 Å². The quantitative estimate of drug-likeness (QED) is 0.321. The average molecular weight is 473 g/mol. The number of rotatable bonds is 5. The number of hydrogen-bond acceptors (Lipinski definition) is 6. The molecular weight excluding hydrogens is 460 g/mol. The molecule has 1 aromatic carbocycles. The highest BCUT2D eigenvalue weighted by Gasteiger charge is 2.37. The molecule has 0 bridgehead atoms. The second-order valence-electron chi connectivity index (χ2n) is 6.39. The van der Waals surface area contributed by atoms with Crippen LogP contribution in [0.25, 0.3) is 17.5 Å². The van der Waals surface area contributed by atoms with Gasteiger partial charge in [0.2, 0.25) is 0 Å². The van der Waals surface area contributed by atoms with E-state index in [4.69, 9.17) is 4.74 Å². The SMILES string of the molecule is CCOC(=O)/C(=C/n1cnn(-c2cc(C(F)(F)F)cc(C(F)(F)F)c2)c1=O)c1cncnc1. The largest absolute Gasteiger partial charge is 0.462 e. The van der Waals surface area contributed by atoms with E-state index < -0.39 is 40.8 Å². The van der Waals surface area contributed by atoms with Gasteiger partial charge in [0.05, 0.1) is 29.0 Å². The average Bonchev–Trinajstić information content (AvgIpc) is 3.11. The predicted molar refractivity (Wildman–Crippen MR) is 101 cm³/mol. The monoisotopic (exact) mass is 473 g/mol. The van der Waals surface area contributed by atoms with E-state index in [1.54, 1.807) is 0 Å².